The quantitative estimate of drug-likeness (QED) is 0.825. The highest BCUT2D eigenvalue weighted by molar-refractivity contribution is 7.09. The highest BCUT2D eigenvalue weighted by Crippen LogP contribution is 2.10. The molecule has 0 aliphatic carbocycles. The molecule has 0 amide bonds. The molecule has 2 aromatic rings. The van der Waals surface area contributed by atoms with Crippen molar-refractivity contribution in [2.45, 2.75) is 13.5 Å². The summed E-state index contributed by atoms with van der Waals surface area (Å²) in [6.45, 7) is 2.69. The van der Waals surface area contributed by atoms with E-state index in [0.29, 0.717) is 6.54 Å². The van der Waals surface area contributed by atoms with Gasteiger partial charge < -0.3 is 5.32 Å². The lowest BCUT2D eigenvalue weighted by Crippen LogP contribution is -2.05. The van der Waals surface area contributed by atoms with Crippen LogP contribution in [-0.4, -0.2) is 19.7 Å². The van der Waals surface area contributed by atoms with Crippen molar-refractivity contribution < 1.29 is 0 Å². The number of thiazole rings is 1. The predicted molar refractivity (Wildman–Crippen MR) is 55.2 cm³/mol. The molecule has 0 aromatic carbocycles. The van der Waals surface area contributed by atoms with Crippen LogP contribution in [0.1, 0.15) is 10.7 Å². The van der Waals surface area contributed by atoms with Crippen LogP contribution in [0.4, 0.5) is 5.95 Å². The van der Waals surface area contributed by atoms with Gasteiger partial charge in [0.1, 0.15) is 11.3 Å². The van der Waals surface area contributed by atoms with Gasteiger partial charge >= 0.3 is 0 Å². The highest BCUT2D eigenvalue weighted by Gasteiger charge is 2.01. The van der Waals surface area contributed by atoms with Crippen molar-refractivity contribution in [3.05, 3.63) is 22.4 Å². The van der Waals surface area contributed by atoms with Crippen molar-refractivity contribution in [1.82, 2.24) is 19.7 Å². The Hall–Kier alpha value is -1.43. The molecule has 0 aliphatic heterocycles. The summed E-state index contributed by atoms with van der Waals surface area (Å²) in [6.07, 6.45) is 1.52. The summed E-state index contributed by atoms with van der Waals surface area (Å²) >= 11 is 1.65. The number of aromatic nitrogens is 4. The summed E-state index contributed by atoms with van der Waals surface area (Å²) in [5.74, 6) is 0.762. The van der Waals surface area contributed by atoms with Crippen molar-refractivity contribution in [3.63, 3.8) is 0 Å². The van der Waals surface area contributed by atoms with Gasteiger partial charge in [-0.15, -0.1) is 11.3 Å². The molecule has 0 bridgehead atoms. The zero-order valence-electron chi connectivity index (χ0n) is 8.06. The molecule has 0 atom stereocenters. The Morgan fingerprint density at radius 2 is 2.43 bits per heavy atom. The van der Waals surface area contributed by atoms with E-state index in [1.807, 2.05) is 19.4 Å². The smallest absolute Gasteiger partial charge is 0.221 e. The lowest BCUT2D eigenvalue weighted by molar-refractivity contribution is 0.766. The summed E-state index contributed by atoms with van der Waals surface area (Å²) in [4.78, 5) is 8.39. The van der Waals surface area contributed by atoms with E-state index >= 15 is 0 Å². The third kappa shape index (κ3) is 1.90. The van der Waals surface area contributed by atoms with Crippen LogP contribution in [0.3, 0.4) is 0 Å². The van der Waals surface area contributed by atoms with Gasteiger partial charge in [-0.05, 0) is 6.92 Å². The molecule has 2 rings (SSSR count). The standard InChI is InChI=1S/C8H11N5S/c1-6-4-14-7(12-6)3-9-8-10-5-11-13(8)2/h4-5H,3H2,1-2H3,(H,9,10,11). The van der Waals surface area contributed by atoms with Crippen molar-refractivity contribution in [2.75, 3.05) is 5.32 Å². The van der Waals surface area contributed by atoms with Crippen LogP contribution < -0.4 is 5.32 Å². The molecule has 0 unspecified atom stereocenters. The van der Waals surface area contributed by atoms with Crippen LogP contribution in [0.2, 0.25) is 0 Å². The van der Waals surface area contributed by atoms with Gasteiger partial charge in [-0.25, -0.2) is 9.67 Å². The Balaban J connectivity index is 1.98. The maximum Gasteiger partial charge on any atom is 0.221 e. The summed E-state index contributed by atoms with van der Waals surface area (Å²) in [6, 6.07) is 0. The minimum Gasteiger partial charge on any atom is -0.348 e. The first-order chi connectivity index (χ1) is 6.75. The Bertz CT molecular complexity index is 419. The van der Waals surface area contributed by atoms with Crippen LogP contribution in [0.5, 0.6) is 0 Å². The number of nitrogens with one attached hydrogen (secondary N) is 1. The molecule has 5 nitrogen and oxygen atoms in total. The van der Waals surface area contributed by atoms with Crippen molar-refractivity contribution >= 4 is 17.3 Å². The van der Waals surface area contributed by atoms with E-state index in [4.69, 9.17) is 0 Å². The number of hydrogen-bond acceptors (Lipinski definition) is 5. The molecule has 2 aromatic heterocycles. The monoisotopic (exact) mass is 209 g/mol. The molecule has 2 heterocycles. The zero-order chi connectivity index (χ0) is 9.97. The molecule has 74 valence electrons. The number of anilines is 1. The summed E-state index contributed by atoms with van der Waals surface area (Å²) in [5.41, 5.74) is 1.06. The van der Waals surface area contributed by atoms with Gasteiger partial charge in [0, 0.05) is 18.1 Å². The molecule has 0 saturated heterocycles. The van der Waals surface area contributed by atoms with E-state index in [9.17, 15) is 0 Å². The van der Waals surface area contributed by atoms with E-state index < -0.39 is 0 Å². The number of hydrogen-bond donors (Lipinski definition) is 1. The van der Waals surface area contributed by atoms with E-state index in [2.05, 4.69) is 20.4 Å². The lowest BCUT2D eigenvalue weighted by Gasteiger charge is -2.01. The van der Waals surface area contributed by atoms with Crippen LogP contribution >= 0.6 is 11.3 Å². The number of nitrogens with zero attached hydrogens (tertiary/aromatic N) is 4. The predicted octanol–water partition coefficient (Wildman–Crippen LogP) is 1.19. The topological polar surface area (TPSA) is 55.6 Å². The minimum atomic E-state index is 0.699. The number of aryl methyl sites for hydroxylation is 2. The molecule has 14 heavy (non-hydrogen) atoms. The van der Waals surface area contributed by atoms with Gasteiger partial charge in [0.15, 0.2) is 0 Å². The second-order valence-corrected chi connectivity index (χ2v) is 3.89. The second kappa shape index (κ2) is 3.75. The normalized spacial score (nSPS) is 10.4. The van der Waals surface area contributed by atoms with Crippen LogP contribution in [-0.2, 0) is 13.6 Å². The van der Waals surface area contributed by atoms with Gasteiger partial charge in [0.25, 0.3) is 0 Å². The highest BCUT2D eigenvalue weighted by atomic mass is 32.1. The zero-order valence-corrected chi connectivity index (χ0v) is 8.88. The van der Waals surface area contributed by atoms with Gasteiger partial charge in [-0.3, -0.25) is 0 Å². The second-order valence-electron chi connectivity index (χ2n) is 2.94. The largest absolute Gasteiger partial charge is 0.348 e. The third-order valence-electron chi connectivity index (χ3n) is 1.78. The fourth-order valence-corrected chi connectivity index (χ4v) is 1.81. The van der Waals surface area contributed by atoms with E-state index in [0.717, 1.165) is 16.6 Å². The Kier molecular flexibility index (Phi) is 2.45. The molecule has 0 saturated carbocycles. The van der Waals surface area contributed by atoms with Crippen molar-refractivity contribution in [2.24, 2.45) is 7.05 Å². The van der Waals surface area contributed by atoms with Crippen LogP contribution in [0, 0.1) is 6.92 Å². The van der Waals surface area contributed by atoms with E-state index in [-0.39, 0.29) is 0 Å². The first-order valence-electron chi connectivity index (χ1n) is 4.24. The molecule has 0 fully saturated rings. The lowest BCUT2D eigenvalue weighted by atomic mass is 10.6. The molecule has 6 heteroatoms. The minimum absolute atomic E-state index is 0.699. The third-order valence-corrected chi connectivity index (χ3v) is 2.74. The van der Waals surface area contributed by atoms with Gasteiger partial charge in [0.05, 0.1) is 6.54 Å². The maximum atomic E-state index is 4.34. The molecular formula is C8H11N5S. The molecule has 1 N–H and O–H groups in total. The molecular weight excluding hydrogens is 198 g/mol. The van der Waals surface area contributed by atoms with Gasteiger partial charge in [-0.1, -0.05) is 0 Å². The fourth-order valence-electron chi connectivity index (χ4n) is 1.09. The Morgan fingerprint density at radius 3 is 3.00 bits per heavy atom. The fraction of sp³-hybridized carbons (Fsp3) is 0.375. The summed E-state index contributed by atoms with van der Waals surface area (Å²) < 4.78 is 1.69. The van der Waals surface area contributed by atoms with E-state index in [1.165, 1.54) is 6.33 Å². The average molecular weight is 209 g/mol. The summed E-state index contributed by atoms with van der Waals surface area (Å²) in [7, 11) is 1.85. The van der Waals surface area contributed by atoms with Gasteiger partial charge in [-0.2, -0.15) is 10.1 Å². The van der Waals surface area contributed by atoms with Crippen LogP contribution in [0.15, 0.2) is 11.7 Å². The SMILES string of the molecule is Cc1csc(CNc2ncnn2C)n1. The maximum absolute atomic E-state index is 4.34. The van der Waals surface area contributed by atoms with Crippen molar-refractivity contribution in [3.8, 4) is 0 Å². The molecule has 0 spiro atoms. The molecule has 0 aliphatic rings. The number of rotatable bonds is 3. The molecule has 0 radical (unpaired) electrons. The summed E-state index contributed by atoms with van der Waals surface area (Å²) in [5, 5.41) is 10.2. The Morgan fingerprint density at radius 1 is 1.57 bits per heavy atom. The van der Waals surface area contributed by atoms with Gasteiger partial charge in [0.2, 0.25) is 5.95 Å². The van der Waals surface area contributed by atoms with Crippen molar-refractivity contribution in [1.29, 1.82) is 0 Å². The van der Waals surface area contributed by atoms with Crippen LogP contribution in [0.25, 0.3) is 0 Å². The first-order valence-corrected chi connectivity index (χ1v) is 5.12. The first kappa shape index (κ1) is 9.14. The van der Waals surface area contributed by atoms with E-state index in [1.54, 1.807) is 16.0 Å². The average Bonchev–Trinajstić information content (AvgIpc) is 2.72. The Labute approximate surface area is 85.8 Å².